The van der Waals surface area contributed by atoms with Crippen molar-refractivity contribution in [3.8, 4) is 0 Å². The molecule has 2 heterocycles. The molecule has 1 aromatic carbocycles. The molecule has 3 rings (SSSR count). The highest BCUT2D eigenvalue weighted by Crippen LogP contribution is 2.21. The monoisotopic (exact) mass is 410 g/mol. The molecule has 2 fully saturated rings. The van der Waals surface area contributed by atoms with Crippen molar-refractivity contribution in [1.82, 2.24) is 9.21 Å². The Morgan fingerprint density at radius 1 is 1.07 bits per heavy atom. The third-order valence-electron chi connectivity index (χ3n) is 4.66. The number of hydrogen-bond donors (Lipinski definition) is 0. The van der Waals surface area contributed by atoms with Gasteiger partial charge in [-0.3, -0.25) is 4.79 Å². The van der Waals surface area contributed by atoms with Gasteiger partial charge in [0.1, 0.15) is 6.61 Å². The largest absolute Gasteiger partial charge is 0.452 e. The van der Waals surface area contributed by atoms with E-state index in [-0.39, 0.29) is 23.6 Å². The number of amides is 2. The van der Waals surface area contributed by atoms with Crippen LogP contribution in [0.4, 0.5) is 4.79 Å². The first kappa shape index (κ1) is 20.3. The molecular weight excluding hydrogens is 388 g/mol. The van der Waals surface area contributed by atoms with E-state index < -0.39 is 34.6 Å². The van der Waals surface area contributed by atoms with Crippen molar-refractivity contribution in [2.24, 2.45) is 0 Å². The maximum atomic E-state index is 12.9. The molecule has 0 radical (unpaired) electrons. The van der Waals surface area contributed by atoms with Crippen LogP contribution in [0.5, 0.6) is 0 Å². The van der Waals surface area contributed by atoms with E-state index in [1.165, 1.54) is 28.6 Å². The van der Waals surface area contributed by atoms with E-state index in [9.17, 15) is 22.8 Å². The summed E-state index contributed by atoms with van der Waals surface area (Å²) in [5.41, 5.74) is 0.0210. The van der Waals surface area contributed by atoms with E-state index >= 15 is 0 Å². The summed E-state index contributed by atoms with van der Waals surface area (Å²) in [7, 11) is -3.70. The fourth-order valence-corrected chi connectivity index (χ4v) is 4.69. The van der Waals surface area contributed by atoms with Crippen molar-refractivity contribution < 1.29 is 32.3 Å². The number of nitrogens with zero attached hydrogens (tertiary/aromatic N) is 2. The third kappa shape index (κ3) is 4.50. The van der Waals surface area contributed by atoms with Gasteiger partial charge in [-0.2, -0.15) is 4.31 Å². The summed E-state index contributed by atoms with van der Waals surface area (Å²) in [6, 6.07) is 5.55. The average Bonchev–Trinajstić information content (AvgIpc) is 2.94. The van der Waals surface area contributed by atoms with Crippen molar-refractivity contribution in [3.05, 3.63) is 29.8 Å². The number of hydrogen-bond acceptors (Lipinski definition) is 7. The predicted octanol–water partition coefficient (Wildman–Crippen LogP) is 1.39. The molecular formula is C18H22N2O7S. The number of benzene rings is 1. The van der Waals surface area contributed by atoms with Gasteiger partial charge in [0.05, 0.1) is 17.0 Å². The number of ether oxygens (including phenoxy) is 2. The summed E-state index contributed by atoms with van der Waals surface area (Å²) in [5.74, 6) is -1.53. The molecule has 0 N–H and O–H groups in total. The molecule has 2 amide bonds. The number of carbonyl (C=O) groups is 3. The Bertz CT molecular complexity index is 860. The van der Waals surface area contributed by atoms with E-state index in [0.29, 0.717) is 13.1 Å². The molecule has 0 atom stereocenters. The van der Waals surface area contributed by atoms with Crippen LogP contribution in [0, 0.1) is 0 Å². The molecule has 0 aromatic heterocycles. The number of rotatable bonds is 5. The Hall–Kier alpha value is -2.46. The SMILES string of the molecule is O=C(OCC(=O)N1CCOC1=O)c1cccc(S(=O)(=O)N2CCCCCC2)c1. The zero-order chi connectivity index (χ0) is 20.1. The quantitative estimate of drug-likeness (QED) is 0.675. The Morgan fingerprint density at radius 3 is 2.43 bits per heavy atom. The molecule has 9 nitrogen and oxygen atoms in total. The molecule has 2 saturated heterocycles. The zero-order valence-electron chi connectivity index (χ0n) is 15.3. The van der Waals surface area contributed by atoms with Crippen LogP contribution in [0.2, 0.25) is 0 Å². The molecule has 0 unspecified atom stereocenters. The van der Waals surface area contributed by atoms with Crippen LogP contribution in [-0.4, -0.2) is 68.4 Å². The first-order chi connectivity index (χ1) is 13.4. The molecule has 0 bridgehead atoms. The lowest BCUT2D eigenvalue weighted by Crippen LogP contribution is -2.35. The van der Waals surface area contributed by atoms with Gasteiger partial charge in [-0.25, -0.2) is 22.9 Å². The molecule has 2 aliphatic heterocycles. The molecule has 0 saturated carbocycles. The third-order valence-corrected chi connectivity index (χ3v) is 6.56. The average molecular weight is 410 g/mol. The Kier molecular flexibility index (Phi) is 6.30. The van der Waals surface area contributed by atoms with Crippen molar-refractivity contribution in [2.75, 3.05) is 32.8 Å². The fraction of sp³-hybridized carbons (Fsp3) is 0.500. The maximum absolute atomic E-state index is 12.9. The smallest absolute Gasteiger partial charge is 0.416 e. The van der Waals surface area contributed by atoms with Gasteiger partial charge in [-0.05, 0) is 31.0 Å². The van der Waals surface area contributed by atoms with E-state index in [1.807, 2.05) is 0 Å². The minimum atomic E-state index is -3.70. The summed E-state index contributed by atoms with van der Waals surface area (Å²) in [6.45, 7) is 0.500. The van der Waals surface area contributed by atoms with E-state index in [2.05, 4.69) is 4.74 Å². The Morgan fingerprint density at radius 2 is 1.79 bits per heavy atom. The van der Waals surface area contributed by atoms with Crippen LogP contribution in [0.1, 0.15) is 36.0 Å². The lowest BCUT2D eigenvalue weighted by atomic mass is 10.2. The van der Waals surface area contributed by atoms with E-state index in [0.717, 1.165) is 30.6 Å². The maximum Gasteiger partial charge on any atom is 0.416 e. The normalized spacial score (nSPS) is 18.4. The highest BCUT2D eigenvalue weighted by Gasteiger charge is 2.29. The Balaban J connectivity index is 1.67. The van der Waals surface area contributed by atoms with Crippen molar-refractivity contribution in [1.29, 1.82) is 0 Å². The van der Waals surface area contributed by atoms with Crippen LogP contribution in [-0.2, 0) is 24.3 Å². The number of carbonyl (C=O) groups excluding carboxylic acids is 3. The number of esters is 1. The van der Waals surface area contributed by atoms with Crippen molar-refractivity contribution in [2.45, 2.75) is 30.6 Å². The minimum Gasteiger partial charge on any atom is -0.452 e. The van der Waals surface area contributed by atoms with Gasteiger partial charge in [0.2, 0.25) is 10.0 Å². The molecule has 10 heteroatoms. The van der Waals surface area contributed by atoms with E-state index in [4.69, 9.17) is 4.74 Å². The van der Waals surface area contributed by atoms with Gasteiger partial charge < -0.3 is 9.47 Å². The summed E-state index contributed by atoms with van der Waals surface area (Å²) >= 11 is 0. The fourth-order valence-electron chi connectivity index (χ4n) is 3.12. The van der Waals surface area contributed by atoms with Gasteiger partial charge in [0, 0.05) is 13.1 Å². The number of imide groups is 1. The van der Waals surface area contributed by atoms with Gasteiger partial charge in [-0.15, -0.1) is 0 Å². The first-order valence-corrected chi connectivity index (χ1v) is 10.6. The molecule has 152 valence electrons. The second-order valence-corrected chi connectivity index (χ2v) is 8.52. The molecule has 28 heavy (non-hydrogen) atoms. The molecule has 1 aromatic rings. The first-order valence-electron chi connectivity index (χ1n) is 9.14. The van der Waals surface area contributed by atoms with Gasteiger partial charge in [0.25, 0.3) is 5.91 Å². The van der Waals surface area contributed by atoms with Crippen LogP contribution in [0.3, 0.4) is 0 Å². The molecule has 2 aliphatic rings. The molecule has 0 spiro atoms. The Labute approximate surface area is 163 Å². The highest BCUT2D eigenvalue weighted by atomic mass is 32.2. The minimum absolute atomic E-state index is 0.0123. The van der Waals surface area contributed by atoms with E-state index in [1.54, 1.807) is 0 Å². The standard InChI is InChI=1S/C18H22N2O7S/c21-16(20-10-11-26-18(20)23)13-27-17(22)14-6-5-7-15(12-14)28(24,25)19-8-3-1-2-4-9-19/h5-7,12H,1-4,8-11,13H2. The number of sulfonamides is 1. The van der Waals surface area contributed by atoms with Crippen LogP contribution < -0.4 is 0 Å². The van der Waals surface area contributed by atoms with Crippen molar-refractivity contribution in [3.63, 3.8) is 0 Å². The summed E-state index contributed by atoms with van der Waals surface area (Å²) in [4.78, 5) is 36.3. The predicted molar refractivity (Wildman–Crippen MR) is 97.0 cm³/mol. The molecule has 0 aliphatic carbocycles. The van der Waals surface area contributed by atoms with Crippen LogP contribution in [0.25, 0.3) is 0 Å². The lowest BCUT2D eigenvalue weighted by molar-refractivity contribution is -0.131. The topological polar surface area (TPSA) is 110 Å². The second kappa shape index (κ2) is 8.70. The second-order valence-electron chi connectivity index (χ2n) is 6.58. The van der Waals surface area contributed by atoms with Gasteiger partial charge in [0.15, 0.2) is 6.61 Å². The van der Waals surface area contributed by atoms with Crippen LogP contribution in [0.15, 0.2) is 29.2 Å². The number of cyclic esters (lactones) is 1. The summed E-state index contributed by atoms with van der Waals surface area (Å²) in [6.07, 6.45) is 2.84. The van der Waals surface area contributed by atoms with Crippen LogP contribution >= 0.6 is 0 Å². The zero-order valence-corrected chi connectivity index (χ0v) is 16.2. The van der Waals surface area contributed by atoms with Gasteiger partial charge >= 0.3 is 12.1 Å². The van der Waals surface area contributed by atoms with Gasteiger partial charge in [-0.1, -0.05) is 18.9 Å². The summed E-state index contributed by atoms with van der Waals surface area (Å²) in [5, 5.41) is 0. The summed E-state index contributed by atoms with van der Waals surface area (Å²) < 4.78 is 36.7. The highest BCUT2D eigenvalue weighted by molar-refractivity contribution is 7.89. The van der Waals surface area contributed by atoms with Crippen molar-refractivity contribution >= 4 is 28.0 Å². The lowest BCUT2D eigenvalue weighted by Gasteiger charge is -2.20.